The fraction of sp³-hybridized carbons (Fsp3) is 0.615. The lowest BCUT2D eigenvalue weighted by Gasteiger charge is -2.15. The minimum atomic E-state index is -0.324. The zero-order valence-electron chi connectivity index (χ0n) is 12.1. The van der Waals surface area contributed by atoms with E-state index < -0.39 is 0 Å². The van der Waals surface area contributed by atoms with E-state index in [1.54, 1.807) is 6.07 Å². The van der Waals surface area contributed by atoms with E-state index in [2.05, 4.69) is 25.9 Å². The summed E-state index contributed by atoms with van der Waals surface area (Å²) < 4.78 is 0. The first-order valence-electron chi connectivity index (χ1n) is 6.70. The van der Waals surface area contributed by atoms with E-state index in [1.165, 1.54) is 0 Å². The Labute approximate surface area is 114 Å². The molecular formula is C13H23N5O. The Kier molecular flexibility index (Phi) is 6.05. The third-order valence-electron chi connectivity index (χ3n) is 2.50. The topological polar surface area (TPSA) is 78.9 Å². The summed E-state index contributed by atoms with van der Waals surface area (Å²) in [7, 11) is 0. The van der Waals surface area contributed by atoms with Gasteiger partial charge in [0.15, 0.2) is 0 Å². The zero-order valence-corrected chi connectivity index (χ0v) is 12.1. The summed E-state index contributed by atoms with van der Waals surface area (Å²) in [6.45, 7) is 9.15. The number of aromatic nitrogens is 2. The first-order valence-corrected chi connectivity index (χ1v) is 6.70. The normalized spacial score (nSPS) is 11.8. The lowest BCUT2D eigenvalue weighted by atomic mass is 10.3. The van der Waals surface area contributed by atoms with Gasteiger partial charge in [-0.3, -0.25) is 4.79 Å². The van der Waals surface area contributed by atoms with E-state index in [-0.39, 0.29) is 11.9 Å². The molecule has 0 aliphatic heterocycles. The predicted molar refractivity (Wildman–Crippen MR) is 77.3 cm³/mol. The molecule has 1 amide bonds. The number of aryl methyl sites for hydroxylation is 1. The van der Waals surface area contributed by atoms with Crippen molar-refractivity contribution in [2.45, 2.75) is 40.2 Å². The molecule has 6 nitrogen and oxygen atoms in total. The van der Waals surface area contributed by atoms with Gasteiger partial charge in [0.2, 0.25) is 5.91 Å². The SMILES string of the molecule is CCCNC(=O)C(C)Nc1cc(NCC)nc(C)n1. The van der Waals surface area contributed by atoms with E-state index in [0.717, 1.165) is 18.8 Å². The van der Waals surface area contributed by atoms with Crippen LogP contribution in [0, 0.1) is 6.92 Å². The number of anilines is 2. The third kappa shape index (κ3) is 5.11. The van der Waals surface area contributed by atoms with Crippen molar-refractivity contribution in [2.75, 3.05) is 23.7 Å². The quantitative estimate of drug-likeness (QED) is 0.697. The standard InChI is InChI=1S/C13H23N5O/c1-5-7-15-13(19)9(3)16-12-8-11(14-6-2)17-10(4)18-12/h8-9H,5-7H2,1-4H3,(H,15,19)(H2,14,16,17,18). The number of carbonyl (C=O) groups is 1. The molecule has 1 heterocycles. The highest BCUT2D eigenvalue weighted by molar-refractivity contribution is 5.83. The van der Waals surface area contributed by atoms with Crippen LogP contribution in [0.5, 0.6) is 0 Å². The van der Waals surface area contributed by atoms with Crippen molar-refractivity contribution in [2.24, 2.45) is 0 Å². The van der Waals surface area contributed by atoms with Gasteiger partial charge in [0, 0.05) is 19.2 Å². The minimum Gasteiger partial charge on any atom is -0.370 e. The van der Waals surface area contributed by atoms with Gasteiger partial charge in [0.05, 0.1) is 0 Å². The van der Waals surface area contributed by atoms with Crippen LogP contribution in [-0.4, -0.2) is 35.0 Å². The second kappa shape index (κ2) is 7.56. The van der Waals surface area contributed by atoms with E-state index >= 15 is 0 Å². The fourth-order valence-electron chi connectivity index (χ4n) is 1.60. The molecule has 0 aliphatic carbocycles. The number of nitrogens with zero attached hydrogens (tertiary/aromatic N) is 2. The molecule has 1 atom stereocenters. The molecule has 0 aromatic carbocycles. The molecule has 0 aliphatic rings. The summed E-state index contributed by atoms with van der Waals surface area (Å²) in [4.78, 5) is 20.3. The molecule has 0 bridgehead atoms. The number of rotatable bonds is 7. The van der Waals surface area contributed by atoms with Crippen molar-refractivity contribution in [3.63, 3.8) is 0 Å². The van der Waals surface area contributed by atoms with Crippen LogP contribution in [-0.2, 0) is 4.79 Å². The van der Waals surface area contributed by atoms with E-state index in [4.69, 9.17) is 0 Å². The molecule has 1 rings (SSSR count). The lowest BCUT2D eigenvalue weighted by Crippen LogP contribution is -2.38. The highest BCUT2D eigenvalue weighted by atomic mass is 16.2. The summed E-state index contributed by atoms with van der Waals surface area (Å²) in [5.74, 6) is 2.06. The Balaban J connectivity index is 2.67. The van der Waals surface area contributed by atoms with E-state index in [1.807, 2.05) is 27.7 Å². The Hall–Kier alpha value is -1.85. The van der Waals surface area contributed by atoms with Crippen LogP contribution in [0.3, 0.4) is 0 Å². The van der Waals surface area contributed by atoms with E-state index in [9.17, 15) is 4.79 Å². The maximum absolute atomic E-state index is 11.8. The average molecular weight is 265 g/mol. The van der Waals surface area contributed by atoms with Gasteiger partial charge in [-0.25, -0.2) is 9.97 Å². The molecule has 0 fully saturated rings. The first-order chi connectivity index (χ1) is 9.06. The zero-order chi connectivity index (χ0) is 14.3. The van der Waals surface area contributed by atoms with Gasteiger partial charge in [0.25, 0.3) is 0 Å². The number of nitrogens with one attached hydrogen (secondary N) is 3. The lowest BCUT2D eigenvalue weighted by molar-refractivity contribution is -0.121. The van der Waals surface area contributed by atoms with Crippen LogP contribution in [0.1, 0.15) is 33.0 Å². The van der Waals surface area contributed by atoms with Crippen molar-refractivity contribution in [1.82, 2.24) is 15.3 Å². The highest BCUT2D eigenvalue weighted by Crippen LogP contribution is 2.11. The number of amides is 1. The Morgan fingerprint density at radius 1 is 1.32 bits per heavy atom. The second-order valence-corrected chi connectivity index (χ2v) is 4.37. The van der Waals surface area contributed by atoms with Crippen molar-refractivity contribution >= 4 is 17.5 Å². The van der Waals surface area contributed by atoms with Gasteiger partial charge in [-0.15, -0.1) is 0 Å². The molecule has 1 unspecified atom stereocenters. The van der Waals surface area contributed by atoms with Crippen LogP contribution in [0.25, 0.3) is 0 Å². The molecule has 106 valence electrons. The summed E-state index contributed by atoms with van der Waals surface area (Å²) in [6.07, 6.45) is 0.926. The van der Waals surface area contributed by atoms with Crippen LogP contribution in [0.2, 0.25) is 0 Å². The number of hydrogen-bond donors (Lipinski definition) is 3. The Morgan fingerprint density at radius 3 is 2.63 bits per heavy atom. The van der Waals surface area contributed by atoms with Gasteiger partial charge >= 0.3 is 0 Å². The summed E-state index contributed by atoms with van der Waals surface area (Å²) in [6, 6.07) is 1.48. The maximum Gasteiger partial charge on any atom is 0.242 e. The van der Waals surface area contributed by atoms with Crippen LogP contribution < -0.4 is 16.0 Å². The summed E-state index contributed by atoms with van der Waals surface area (Å²) in [5.41, 5.74) is 0. The predicted octanol–water partition coefficient (Wildman–Crippen LogP) is 1.54. The maximum atomic E-state index is 11.8. The highest BCUT2D eigenvalue weighted by Gasteiger charge is 2.13. The largest absolute Gasteiger partial charge is 0.370 e. The fourth-order valence-corrected chi connectivity index (χ4v) is 1.60. The van der Waals surface area contributed by atoms with Crippen LogP contribution in [0.15, 0.2) is 6.07 Å². The molecule has 0 spiro atoms. The monoisotopic (exact) mass is 265 g/mol. The average Bonchev–Trinajstić information content (AvgIpc) is 2.35. The molecular weight excluding hydrogens is 242 g/mol. The van der Waals surface area contributed by atoms with E-state index in [0.29, 0.717) is 18.2 Å². The van der Waals surface area contributed by atoms with Crippen LogP contribution >= 0.6 is 0 Å². The van der Waals surface area contributed by atoms with Gasteiger partial charge in [-0.1, -0.05) is 6.92 Å². The summed E-state index contributed by atoms with van der Waals surface area (Å²) in [5, 5.41) is 9.07. The van der Waals surface area contributed by atoms with Gasteiger partial charge in [-0.05, 0) is 27.2 Å². The van der Waals surface area contributed by atoms with Gasteiger partial charge in [0.1, 0.15) is 23.5 Å². The molecule has 0 radical (unpaired) electrons. The molecule has 1 aromatic rings. The van der Waals surface area contributed by atoms with Crippen molar-refractivity contribution in [1.29, 1.82) is 0 Å². The molecule has 1 aromatic heterocycles. The third-order valence-corrected chi connectivity index (χ3v) is 2.50. The molecule has 6 heteroatoms. The number of carbonyl (C=O) groups excluding carboxylic acids is 1. The van der Waals surface area contributed by atoms with Crippen molar-refractivity contribution < 1.29 is 4.79 Å². The second-order valence-electron chi connectivity index (χ2n) is 4.37. The number of hydrogen-bond acceptors (Lipinski definition) is 5. The first kappa shape index (κ1) is 15.2. The van der Waals surface area contributed by atoms with Gasteiger partial charge < -0.3 is 16.0 Å². The summed E-state index contributed by atoms with van der Waals surface area (Å²) >= 11 is 0. The molecule has 0 saturated heterocycles. The Bertz CT molecular complexity index is 421. The molecule has 3 N–H and O–H groups in total. The molecule has 0 saturated carbocycles. The van der Waals surface area contributed by atoms with Crippen molar-refractivity contribution in [3.05, 3.63) is 11.9 Å². The Morgan fingerprint density at radius 2 is 2.00 bits per heavy atom. The van der Waals surface area contributed by atoms with Crippen LogP contribution in [0.4, 0.5) is 11.6 Å². The van der Waals surface area contributed by atoms with Gasteiger partial charge in [-0.2, -0.15) is 0 Å². The molecule has 19 heavy (non-hydrogen) atoms. The van der Waals surface area contributed by atoms with Crippen molar-refractivity contribution in [3.8, 4) is 0 Å². The smallest absolute Gasteiger partial charge is 0.242 e. The minimum absolute atomic E-state index is 0.0249.